The number of hydrogen-bond acceptors (Lipinski definition) is 4. The molecule has 1 aromatic rings. The number of nitrogens with zero attached hydrogens (tertiary/aromatic N) is 1. The van der Waals surface area contributed by atoms with Crippen molar-refractivity contribution in [3.05, 3.63) is 15.6 Å². The molecule has 4 nitrogen and oxygen atoms in total. The summed E-state index contributed by atoms with van der Waals surface area (Å²) in [5, 5.41) is 13.6. The number of thiazole rings is 1. The zero-order valence-corrected chi connectivity index (χ0v) is 11.7. The number of carboxylic acids is 1. The lowest BCUT2D eigenvalue weighted by Gasteiger charge is -2.20. The zero-order valence-electron chi connectivity index (χ0n) is 10.9. The highest BCUT2D eigenvalue weighted by atomic mass is 32.1. The maximum atomic E-state index is 11.3. The molecule has 2 rings (SSSR count). The topological polar surface area (TPSA) is 62.2 Å². The molecule has 100 valence electrons. The molecular weight excluding hydrogens is 248 g/mol. The maximum Gasteiger partial charge on any atom is 0.347 e. The molecule has 18 heavy (non-hydrogen) atoms. The molecule has 1 aliphatic heterocycles. The number of carbonyl (C=O) groups is 1. The van der Waals surface area contributed by atoms with Gasteiger partial charge in [0.1, 0.15) is 4.88 Å². The Hall–Kier alpha value is -0.940. The molecule has 1 aromatic heterocycles. The van der Waals surface area contributed by atoms with Crippen LogP contribution in [0.3, 0.4) is 0 Å². The number of aromatic nitrogens is 1. The molecule has 2 N–H and O–H groups in total. The minimum Gasteiger partial charge on any atom is -0.477 e. The smallest absolute Gasteiger partial charge is 0.347 e. The molecule has 1 atom stereocenters. The van der Waals surface area contributed by atoms with E-state index in [1.54, 1.807) is 0 Å². The van der Waals surface area contributed by atoms with E-state index in [0.717, 1.165) is 43.1 Å². The lowest BCUT2D eigenvalue weighted by Crippen LogP contribution is -2.28. The average Bonchev–Trinajstić information content (AvgIpc) is 2.73. The number of carboxylic acid groups (broad SMARTS) is 1. The van der Waals surface area contributed by atoms with Crippen molar-refractivity contribution in [1.29, 1.82) is 0 Å². The highest BCUT2D eigenvalue weighted by Gasteiger charge is 2.24. The Morgan fingerprint density at radius 3 is 2.94 bits per heavy atom. The Balaban J connectivity index is 2.23. The highest BCUT2D eigenvalue weighted by molar-refractivity contribution is 7.13. The first-order valence-corrected chi connectivity index (χ1v) is 7.33. The highest BCUT2D eigenvalue weighted by Crippen LogP contribution is 2.30. The van der Waals surface area contributed by atoms with Gasteiger partial charge in [-0.2, -0.15) is 0 Å². The third-order valence-electron chi connectivity index (χ3n) is 3.16. The molecule has 2 heterocycles. The molecule has 0 bridgehead atoms. The Morgan fingerprint density at radius 2 is 2.39 bits per heavy atom. The van der Waals surface area contributed by atoms with Crippen LogP contribution in [0.2, 0.25) is 0 Å². The third-order valence-corrected chi connectivity index (χ3v) is 4.40. The van der Waals surface area contributed by atoms with E-state index in [4.69, 9.17) is 0 Å². The minimum absolute atomic E-state index is 0.391. The van der Waals surface area contributed by atoms with Gasteiger partial charge in [0.15, 0.2) is 0 Å². The second-order valence-corrected chi connectivity index (χ2v) is 6.30. The summed E-state index contributed by atoms with van der Waals surface area (Å²) in [4.78, 5) is 16.3. The van der Waals surface area contributed by atoms with Gasteiger partial charge in [0.05, 0.1) is 10.7 Å². The van der Waals surface area contributed by atoms with Crippen LogP contribution in [0.1, 0.15) is 53.0 Å². The van der Waals surface area contributed by atoms with Crippen LogP contribution >= 0.6 is 11.3 Å². The predicted octanol–water partition coefficient (Wildman–Crippen LogP) is 2.51. The van der Waals surface area contributed by atoms with Gasteiger partial charge in [0.25, 0.3) is 0 Å². The Morgan fingerprint density at radius 1 is 1.61 bits per heavy atom. The van der Waals surface area contributed by atoms with Gasteiger partial charge in [-0.1, -0.05) is 13.8 Å². The van der Waals surface area contributed by atoms with E-state index in [-0.39, 0.29) is 0 Å². The first-order chi connectivity index (χ1) is 8.58. The summed E-state index contributed by atoms with van der Waals surface area (Å²) < 4.78 is 0. The normalized spacial score (nSPS) is 20.3. The van der Waals surface area contributed by atoms with Crippen LogP contribution in [0.5, 0.6) is 0 Å². The average molecular weight is 268 g/mol. The van der Waals surface area contributed by atoms with Crippen LogP contribution in [0.4, 0.5) is 0 Å². The van der Waals surface area contributed by atoms with Gasteiger partial charge in [0.2, 0.25) is 0 Å². The van der Waals surface area contributed by atoms with Gasteiger partial charge in [-0.3, -0.25) is 0 Å². The minimum atomic E-state index is -0.835. The van der Waals surface area contributed by atoms with E-state index >= 15 is 0 Å². The van der Waals surface area contributed by atoms with Gasteiger partial charge in [0, 0.05) is 12.5 Å². The number of piperidine rings is 1. The monoisotopic (exact) mass is 268 g/mol. The van der Waals surface area contributed by atoms with Gasteiger partial charge < -0.3 is 10.4 Å². The summed E-state index contributed by atoms with van der Waals surface area (Å²) in [7, 11) is 0. The first kappa shape index (κ1) is 13.5. The van der Waals surface area contributed by atoms with Crippen LogP contribution in [0.25, 0.3) is 0 Å². The fourth-order valence-electron chi connectivity index (χ4n) is 2.30. The lowest BCUT2D eigenvalue weighted by molar-refractivity contribution is 0.0700. The molecular formula is C13H20N2O2S. The summed E-state index contributed by atoms with van der Waals surface area (Å²) in [6, 6.07) is 0. The quantitative estimate of drug-likeness (QED) is 0.880. The summed E-state index contributed by atoms with van der Waals surface area (Å²) in [6.45, 7) is 6.17. The SMILES string of the molecule is CC(C)Cc1nc(C2CCCNC2)sc1C(=O)O. The molecule has 1 unspecified atom stereocenters. The number of nitrogens with one attached hydrogen (secondary N) is 1. The number of aromatic carboxylic acids is 1. The van der Waals surface area contributed by atoms with Crippen molar-refractivity contribution in [3.8, 4) is 0 Å². The largest absolute Gasteiger partial charge is 0.477 e. The molecule has 0 amide bonds. The first-order valence-electron chi connectivity index (χ1n) is 6.51. The molecule has 1 fully saturated rings. The molecule has 1 aliphatic rings. The second-order valence-electron chi connectivity index (χ2n) is 5.27. The van der Waals surface area contributed by atoms with E-state index < -0.39 is 5.97 Å². The number of rotatable bonds is 4. The van der Waals surface area contributed by atoms with Crippen molar-refractivity contribution >= 4 is 17.3 Å². The predicted molar refractivity (Wildman–Crippen MR) is 72.5 cm³/mol. The standard InChI is InChI=1S/C13H20N2O2S/c1-8(2)6-10-11(13(16)17)18-12(15-10)9-4-3-5-14-7-9/h8-9,14H,3-7H2,1-2H3,(H,16,17). The molecule has 0 spiro atoms. The van der Waals surface area contributed by atoms with E-state index in [2.05, 4.69) is 24.1 Å². The molecule has 0 saturated carbocycles. The zero-order chi connectivity index (χ0) is 13.1. The van der Waals surface area contributed by atoms with Gasteiger partial charge in [-0.05, 0) is 31.7 Å². The van der Waals surface area contributed by atoms with Crippen molar-refractivity contribution < 1.29 is 9.90 Å². The summed E-state index contributed by atoms with van der Waals surface area (Å²) in [5.41, 5.74) is 0.767. The fraction of sp³-hybridized carbons (Fsp3) is 0.692. The van der Waals surface area contributed by atoms with Crippen molar-refractivity contribution in [1.82, 2.24) is 10.3 Å². The Labute approximate surface area is 111 Å². The van der Waals surface area contributed by atoms with E-state index in [9.17, 15) is 9.90 Å². The Kier molecular flexibility index (Phi) is 4.35. The molecule has 0 aliphatic carbocycles. The van der Waals surface area contributed by atoms with Crippen LogP contribution in [-0.2, 0) is 6.42 Å². The van der Waals surface area contributed by atoms with Gasteiger partial charge in [-0.25, -0.2) is 9.78 Å². The van der Waals surface area contributed by atoms with Crippen LogP contribution in [0, 0.1) is 5.92 Å². The lowest BCUT2D eigenvalue weighted by atomic mass is 10.0. The van der Waals surface area contributed by atoms with E-state index in [1.165, 1.54) is 11.3 Å². The van der Waals surface area contributed by atoms with Gasteiger partial charge in [-0.15, -0.1) is 11.3 Å². The second kappa shape index (κ2) is 5.80. The maximum absolute atomic E-state index is 11.3. The van der Waals surface area contributed by atoms with Crippen LogP contribution in [-0.4, -0.2) is 29.1 Å². The van der Waals surface area contributed by atoms with Crippen LogP contribution < -0.4 is 5.32 Å². The van der Waals surface area contributed by atoms with E-state index in [0.29, 0.717) is 16.7 Å². The van der Waals surface area contributed by atoms with Crippen molar-refractivity contribution in [2.75, 3.05) is 13.1 Å². The van der Waals surface area contributed by atoms with Crippen molar-refractivity contribution in [2.24, 2.45) is 5.92 Å². The van der Waals surface area contributed by atoms with Crippen molar-refractivity contribution in [2.45, 2.75) is 39.0 Å². The van der Waals surface area contributed by atoms with Crippen molar-refractivity contribution in [3.63, 3.8) is 0 Å². The van der Waals surface area contributed by atoms with E-state index in [1.807, 2.05) is 0 Å². The summed E-state index contributed by atoms with van der Waals surface area (Å²) in [5.74, 6) is -0.0107. The number of hydrogen-bond donors (Lipinski definition) is 2. The molecule has 0 radical (unpaired) electrons. The summed E-state index contributed by atoms with van der Waals surface area (Å²) >= 11 is 1.37. The Bertz CT molecular complexity index is 423. The third kappa shape index (κ3) is 3.09. The fourth-order valence-corrected chi connectivity index (χ4v) is 3.37. The van der Waals surface area contributed by atoms with Crippen LogP contribution in [0.15, 0.2) is 0 Å². The molecule has 0 aromatic carbocycles. The molecule has 1 saturated heterocycles. The van der Waals surface area contributed by atoms with Gasteiger partial charge >= 0.3 is 5.97 Å². The molecule has 5 heteroatoms. The summed E-state index contributed by atoms with van der Waals surface area (Å²) in [6.07, 6.45) is 3.01.